The maximum Gasteiger partial charge on any atom is 0.409 e. The number of rotatable bonds is 5. The first-order valence-corrected chi connectivity index (χ1v) is 13.1. The van der Waals surface area contributed by atoms with Crippen LogP contribution in [0.25, 0.3) is 0 Å². The van der Waals surface area contributed by atoms with Crippen molar-refractivity contribution in [2.75, 3.05) is 0 Å². The lowest BCUT2D eigenvalue weighted by Crippen LogP contribution is -2.46. The molecule has 9 heteroatoms. The molecular formula is C26H29BrClFN2O4. The number of fused-ring (bicyclic) bond motifs is 1. The van der Waals surface area contributed by atoms with Gasteiger partial charge in [-0.25, -0.2) is 9.18 Å². The second-order valence-corrected chi connectivity index (χ2v) is 10.8. The minimum Gasteiger partial charge on any atom is -0.480 e. The van der Waals surface area contributed by atoms with Gasteiger partial charge in [0.05, 0.1) is 12.1 Å². The second kappa shape index (κ2) is 11.2. The van der Waals surface area contributed by atoms with Gasteiger partial charge in [0.25, 0.3) is 5.91 Å². The molecule has 0 spiro atoms. The predicted octanol–water partition coefficient (Wildman–Crippen LogP) is 6.74. The van der Waals surface area contributed by atoms with E-state index in [2.05, 4.69) is 21.2 Å². The van der Waals surface area contributed by atoms with Gasteiger partial charge in [0, 0.05) is 21.1 Å². The number of nitrogens with one attached hydrogen (secondary N) is 1. The summed E-state index contributed by atoms with van der Waals surface area (Å²) in [6, 6.07) is 9.62. The monoisotopic (exact) mass is 566 g/mol. The molecule has 2 aromatic carbocycles. The van der Waals surface area contributed by atoms with E-state index in [9.17, 15) is 14.0 Å². The minimum atomic E-state index is -1.11. The van der Waals surface area contributed by atoms with Gasteiger partial charge in [0.1, 0.15) is 11.6 Å². The zero-order valence-corrected chi connectivity index (χ0v) is 22.1. The van der Waals surface area contributed by atoms with E-state index in [1.807, 2.05) is 13.8 Å². The molecular weight excluding hydrogens is 539 g/mol. The molecule has 0 bridgehead atoms. The van der Waals surface area contributed by atoms with Gasteiger partial charge >= 0.3 is 6.09 Å². The maximum atomic E-state index is 14.8. The number of alkyl carbamates (subject to hydrolysis) is 1. The minimum absolute atomic E-state index is 0.0292. The highest BCUT2D eigenvalue weighted by molar-refractivity contribution is 9.10. The van der Waals surface area contributed by atoms with Crippen molar-refractivity contribution >= 4 is 39.5 Å². The van der Waals surface area contributed by atoms with Crippen LogP contribution in [0.15, 0.2) is 40.9 Å². The van der Waals surface area contributed by atoms with E-state index in [4.69, 9.17) is 21.1 Å². The lowest BCUT2D eigenvalue weighted by atomic mass is 9.96. The fraction of sp³-hybridized carbons (Fsp3) is 0.462. The average molecular weight is 568 g/mol. The van der Waals surface area contributed by atoms with Crippen molar-refractivity contribution in [2.24, 2.45) is 5.92 Å². The van der Waals surface area contributed by atoms with Crippen molar-refractivity contribution in [2.45, 2.75) is 70.9 Å². The first-order chi connectivity index (χ1) is 16.7. The topological polar surface area (TPSA) is 67.9 Å². The summed E-state index contributed by atoms with van der Waals surface area (Å²) in [5, 5.41) is 3.20. The van der Waals surface area contributed by atoms with Gasteiger partial charge in [0.2, 0.25) is 6.23 Å². The van der Waals surface area contributed by atoms with Gasteiger partial charge in [-0.15, -0.1) is 0 Å². The van der Waals surface area contributed by atoms with Crippen LogP contribution in [0.2, 0.25) is 5.02 Å². The summed E-state index contributed by atoms with van der Waals surface area (Å²) in [4.78, 5) is 28.1. The lowest BCUT2D eigenvalue weighted by molar-refractivity contribution is -0.150. The number of amides is 2. The van der Waals surface area contributed by atoms with E-state index in [0.29, 0.717) is 11.3 Å². The molecule has 2 unspecified atom stereocenters. The number of ether oxygens (including phenoxy) is 2. The number of benzene rings is 2. The smallest absolute Gasteiger partial charge is 0.409 e. The van der Waals surface area contributed by atoms with Gasteiger partial charge in [0.15, 0.2) is 6.10 Å². The predicted molar refractivity (Wildman–Crippen MR) is 135 cm³/mol. The van der Waals surface area contributed by atoms with Crippen LogP contribution in [-0.2, 0) is 16.1 Å². The molecule has 188 valence electrons. The molecule has 1 heterocycles. The van der Waals surface area contributed by atoms with E-state index in [0.717, 1.165) is 36.6 Å². The van der Waals surface area contributed by atoms with Crippen molar-refractivity contribution in [1.82, 2.24) is 10.2 Å². The maximum absolute atomic E-state index is 14.8. The molecule has 1 fully saturated rings. The van der Waals surface area contributed by atoms with E-state index >= 15 is 0 Å². The molecule has 1 aliphatic heterocycles. The third kappa shape index (κ3) is 6.09. The Morgan fingerprint density at radius 2 is 1.97 bits per heavy atom. The van der Waals surface area contributed by atoms with Crippen molar-refractivity contribution in [3.8, 4) is 5.75 Å². The molecule has 0 saturated heterocycles. The average Bonchev–Trinajstić information content (AvgIpc) is 2.91. The Morgan fingerprint density at radius 1 is 1.23 bits per heavy atom. The SMILES string of the molecule is CC(C)C1Oc2ccc(Br)cc2C(OC(=O)NC2CCCCC2)N(Cc2ccc(Cl)cc2F)C1=O. The highest BCUT2D eigenvalue weighted by atomic mass is 79.9. The normalized spacial score (nSPS) is 20.7. The third-order valence-corrected chi connectivity index (χ3v) is 7.14. The summed E-state index contributed by atoms with van der Waals surface area (Å²) in [7, 11) is 0. The number of halogens is 3. The largest absolute Gasteiger partial charge is 0.480 e. The van der Waals surface area contributed by atoms with Gasteiger partial charge in [-0.2, -0.15) is 0 Å². The summed E-state index contributed by atoms with van der Waals surface area (Å²) in [6.07, 6.45) is 2.46. The molecule has 2 aromatic rings. The number of carbonyl (C=O) groups excluding carboxylic acids is 2. The van der Waals surface area contributed by atoms with Crippen LogP contribution < -0.4 is 10.1 Å². The number of carbonyl (C=O) groups is 2. The van der Waals surface area contributed by atoms with E-state index < -0.39 is 30.1 Å². The molecule has 4 rings (SSSR count). The van der Waals surface area contributed by atoms with E-state index in [-0.39, 0.29) is 29.1 Å². The van der Waals surface area contributed by atoms with Gasteiger partial charge in [-0.1, -0.05) is 66.7 Å². The van der Waals surface area contributed by atoms with Crippen LogP contribution >= 0.6 is 27.5 Å². The molecule has 35 heavy (non-hydrogen) atoms. The van der Waals surface area contributed by atoms with Gasteiger partial charge in [-0.3, -0.25) is 9.69 Å². The quantitative estimate of drug-likeness (QED) is 0.434. The molecule has 6 nitrogen and oxygen atoms in total. The Morgan fingerprint density at radius 3 is 2.66 bits per heavy atom. The van der Waals surface area contributed by atoms with Crippen molar-refractivity contribution < 1.29 is 23.5 Å². The van der Waals surface area contributed by atoms with Crippen LogP contribution in [0.1, 0.15) is 63.3 Å². The van der Waals surface area contributed by atoms with Crippen molar-refractivity contribution in [3.63, 3.8) is 0 Å². The van der Waals surface area contributed by atoms with Crippen LogP contribution in [0, 0.1) is 11.7 Å². The molecule has 1 saturated carbocycles. The standard InChI is InChI=1S/C26H29BrClFN2O4/c1-15(2)23-24(32)31(14-16-8-10-18(28)13-21(16)29)25(20-12-17(27)9-11-22(20)34-23)35-26(33)30-19-6-4-3-5-7-19/h8-13,15,19,23,25H,3-7,14H2,1-2H3,(H,30,33). The summed E-state index contributed by atoms with van der Waals surface area (Å²) in [5.74, 6) is -0.672. The summed E-state index contributed by atoms with van der Waals surface area (Å²) < 4.78 is 27.5. The van der Waals surface area contributed by atoms with Crippen LogP contribution in [0.4, 0.5) is 9.18 Å². The van der Waals surface area contributed by atoms with Crippen LogP contribution in [0.5, 0.6) is 5.75 Å². The zero-order chi connectivity index (χ0) is 25.1. The summed E-state index contributed by atoms with van der Waals surface area (Å²) in [6.45, 7) is 3.62. The summed E-state index contributed by atoms with van der Waals surface area (Å²) >= 11 is 9.40. The van der Waals surface area contributed by atoms with Gasteiger partial charge < -0.3 is 14.8 Å². The molecule has 1 aliphatic carbocycles. The van der Waals surface area contributed by atoms with Crippen molar-refractivity contribution in [3.05, 3.63) is 62.8 Å². The highest BCUT2D eigenvalue weighted by Gasteiger charge is 2.41. The molecule has 0 radical (unpaired) electrons. The first kappa shape index (κ1) is 25.8. The first-order valence-electron chi connectivity index (χ1n) is 11.9. The Hall–Kier alpha value is -2.32. The molecule has 1 N–H and O–H groups in total. The summed E-state index contributed by atoms with van der Waals surface area (Å²) in [5.41, 5.74) is 0.758. The molecule has 2 amide bonds. The fourth-order valence-corrected chi connectivity index (χ4v) is 5.08. The molecule has 2 atom stereocenters. The Labute approximate surface area is 218 Å². The lowest BCUT2D eigenvalue weighted by Gasteiger charge is -2.32. The highest BCUT2D eigenvalue weighted by Crippen LogP contribution is 2.39. The van der Waals surface area contributed by atoms with Crippen LogP contribution in [0.3, 0.4) is 0 Å². The Bertz CT molecular complexity index is 1090. The van der Waals surface area contributed by atoms with E-state index in [1.165, 1.54) is 17.0 Å². The Kier molecular flexibility index (Phi) is 8.22. The van der Waals surface area contributed by atoms with E-state index in [1.54, 1.807) is 24.3 Å². The Balaban J connectivity index is 1.72. The fourth-order valence-electron chi connectivity index (χ4n) is 4.55. The third-order valence-electron chi connectivity index (χ3n) is 6.41. The second-order valence-electron chi connectivity index (χ2n) is 9.40. The number of nitrogens with zero attached hydrogens (tertiary/aromatic N) is 1. The number of hydrogen-bond acceptors (Lipinski definition) is 4. The van der Waals surface area contributed by atoms with Crippen LogP contribution in [-0.4, -0.2) is 29.0 Å². The van der Waals surface area contributed by atoms with Crippen molar-refractivity contribution in [1.29, 1.82) is 0 Å². The van der Waals surface area contributed by atoms with Gasteiger partial charge in [-0.05, 0) is 49.1 Å². The molecule has 0 aromatic heterocycles. The molecule has 2 aliphatic rings. The number of hydrogen-bond donors (Lipinski definition) is 1. The zero-order valence-electron chi connectivity index (χ0n) is 19.7.